The summed E-state index contributed by atoms with van der Waals surface area (Å²) >= 11 is 0. The molecule has 2 fully saturated rings. The van der Waals surface area contributed by atoms with Crippen molar-refractivity contribution >= 4 is 44.4 Å². The molecule has 0 unspecified atom stereocenters. The lowest BCUT2D eigenvalue weighted by Gasteiger charge is -2.31. The summed E-state index contributed by atoms with van der Waals surface area (Å²) in [5.41, 5.74) is 4.62. The molecule has 4 aromatic rings. The van der Waals surface area contributed by atoms with Crippen molar-refractivity contribution in [3.63, 3.8) is 0 Å². The fourth-order valence-corrected chi connectivity index (χ4v) is 8.59. The molecule has 0 radical (unpaired) electrons. The van der Waals surface area contributed by atoms with Crippen molar-refractivity contribution in [1.29, 1.82) is 0 Å². The maximum Gasteiger partial charge on any atom is 0.408 e. The number of alkyl halides is 3. The molecule has 11 nitrogen and oxygen atoms in total. The number of amides is 2. The van der Waals surface area contributed by atoms with Gasteiger partial charge in [-0.1, -0.05) is 25.3 Å². The zero-order chi connectivity index (χ0) is 38.5. The van der Waals surface area contributed by atoms with Crippen LogP contribution < -0.4 is 9.46 Å². The molecule has 1 aliphatic carbocycles. The second-order valence-electron chi connectivity index (χ2n) is 14.7. The zero-order valence-corrected chi connectivity index (χ0v) is 31.5. The second-order valence-corrected chi connectivity index (χ2v) is 16.9. The fraction of sp³-hybridized carbons (Fsp3) is 0.462. The fourth-order valence-electron chi connectivity index (χ4n) is 7.98. The number of hydrogen-bond acceptors (Lipinski definition) is 7. The van der Waals surface area contributed by atoms with E-state index in [0.717, 1.165) is 59.0 Å². The predicted molar refractivity (Wildman–Crippen MR) is 199 cm³/mol. The van der Waals surface area contributed by atoms with Crippen LogP contribution in [0.1, 0.15) is 96.3 Å². The topological polar surface area (TPSA) is 125 Å². The summed E-state index contributed by atoms with van der Waals surface area (Å²) in [5, 5.41) is 4.17. The highest BCUT2D eigenvalue weighted by Gasteiger charge is 2.36. The van der Waals surface area contributed by atoms with E-state index in [-0.39, 0.29) is 48.5 Å². The average molecular weight is 768 g/mol. The molecule has 2 amide bonds. The standard InChI is InChI=1S/C39H44F3N5O6S/c1-23(2)54(50,51)44-37(48)26-10-12-31-33(18-26)46-21-28(16-27-17-29(52-4)11-13-30(27)36(46)34(31)25-8-6-5-7-9-25)35-32(19-43-47(35)22-39(40,41)42)38(49)45-14-15-53-24(3)20-45/h10-13,16-19,23-25H,5-9,14-15,20-22H2,1-4H3,(H,44,48)/t24-/m0/s1. The molecule has 1 saturated carbocycles. The van der Waals surface area contributed by atoms with Gasteiger partial charge >= 0.3 is 6.18 Å². The lowest BCUT2D eigenvalue weighted by Crippen LogP contribution is -2.44. The molecule has 4 heterocycles. The highest BCUT2D eigenvalue weighted by atomic mass is 32.2. The maximum atomic E-state index is 14.2. The lowest BCUT2D eigenvalue weighted by atomic mass is 9.81. The van der Waals surface area contributed by atoms with Crippen LogP contribution in [-0.2, 0) is 27.8 Å². The highest BCUT2D eigenvalue weighted by Crippen LogP contribution is 2.48. The molecular formula is C39H44F3N5O6S. The van der Waals surface area contributed by atoms with Crippen LogP contribution in [0.5, 0.6) is 5.75 Å². The number of ether oxygens (including phenoxy) is 2. The lowest BCUT2D eigenvalue weighted by molar-refractivity contribution is -0.142. The number of halogens is 3. The van der Waals surface area contributed by atoms with E-state index in [9.17, 15) is 31.2 Å². The molecule has 1 saturated heterocycles. The maximum absolute atomic E-state index is 14.2. The summed E-state index contributed by atoms with van der Waals surface area (Å²) in [4.78, 5) is 29.2. The van der Waals surface area contributed by atoms with Gasteiger partial charge in [0, 0.05) is 35.1 Å². The van der Waals surface area contributed by atoms with Gasteiger partial charge in [0.05, 0.1) is 54.8 Å². The number of sulfonamides is 1. The third-order valence-corrected chi connectivity index (χ3v) is 12.3. The Morgan fingerprint density at radius 3 is 2.52 bits per heavy atom. The van der Waals surface area contributed by atoms with Crippen molar-refractivity contribution in [2.24, 2.45) is 0 Å². The zero-order valence-electron chi connectivity index (χ0n) is 30.7. The number of morpholine rings is 1. The van der Waals surface area contributed by atoms with E-state index >= 15 is 0 Å². The number of carbonyl (C=O) groups excluding carboxylic acids is 2. The number of nitrogens with zero attached hydrogens (tertiary/aromatic N) is 4. The van der Waals surface area contributed by atoms with E-state index in [4.69, 9.17) is 9.47 Å². The third-order valence-electron chi connectivity index (χ3n) is 10.6. The second kappa shape index (κ2) is 14.5. The van der Waals surface area contributed by atoms with Gasteiger partial charge in [0.25, 0.3) is 11.8 Å². The average Bonchev–Trinajstić information content (AvgIpc) is 3.63. The van der Waals surface area contributed by atoms with E-state index in [1.165, 1.54) is 27.2 Å². The Bertz CT molecular complexity index is 2250. The van der Waals surface area contributed by atoms with Crippen LogP contribution in [0.25, 0.3) is 33.8 Å². The first kappa shape index (κ1) is 37.7. The number of benzene rings is 2. The molecule has 2 aromatic carbocycles. The van der Waals surface area contributed by atoms with E-state index in [0.29, 0.717) is 29.0 Å². The number of allylic oxidation sites excluding steroid dienone is 1. The Kier molecular flexibility index (Phi) is 10.2. The van der Waals surface area contributed by atoms with Crippen molar-refractivity contribution in [3.05, 3.63) is 70.5 Å². The monoisotopic (exact) mass is 767 g/mol. The van der Waals surface area contributed by atoms with Crippen LogP contribution in [0.4, 0.5) is 13.2 Å². The first-order chi connectivity index (χ1) is 25.6. The third kappa shape index (κ3) is 7.27. The first-order valence-corrected chi connectivity index (χ1v) is 19.8. The first-order valence-electron chi connectivity index (χ1n) is 18.3. The summed E-state index contributed by atoms with van der Waals surface area (Å²) in [6.45, 7) is 4.24. The number of aromatic nitrogens is 3. The molecule has 54 heavy (non-hydrogen) atoms. The van der Waals surface area contributed by atoms with E-state index in [1.54, 1.807) is 23.1 Å². The smallest absolute Gasteiger partial charge is 0.408 e. The van der Waals surface area contributed by atoms with Crippen LogP contribution in [0, 0.1) is 0 Å². The Balaban J connectivity index is 1.48. The minimum Gasteiger partial charge on any atom is -0.497 e. The summed E-state index contributed by atoms with van der Waals surface area (Å²) < 4.78 is 84.2. The van der Waals surface area contributed by atoms with Gasteiger partial charge < -0.3 is 18.9 Å². The molecule has 0 spiro atoms. The van der Waals surface area contributed by atoms with Crippen molar-refractivity contribution in [2.75, 3.05) is 26.8 Å². The Morgan fingerprint density at radius 1 is 1.07 bits per heavy atom. The molecule has 15 heteroatoms. The van der Waals surface area contributed by atoms with Crippen LogP contribution >= 0.6 is 0 Å². The van der Waals surface area contributed by atoms with Gasteiger partial charge in [-0.3, -0.25) is 14.3 Å². The Labute approximate surface area is 312 Å². The van der Waals surface area contributed by atoms with Gasteiger partial charge in [0.2, 0.25) is 10.0 Å². The quantitative estimate of drug-likeness (QED) is 0.205. The van der Waals surface area contributed by atoms with Crippen LogP contribution in [-0.4, -0.2) is 83.8 Å². The normalized spacial score (nSPS) is 18.3. The molecule has 0 bridgehead atoms. The molecule has 288 valence electrons. The molecule has 2 aromatic heterocycles. The number of rotatable bonds is 8. The van der Waals surface area contributed by atoms with Crippen molar-refractivity contribution < 1.29 is 40.7 Å². The van der Waals surface area contributed by atoms with Gasteiger partial charge in [-0.25, -0.2) is 13.1 Å². The largest absolute Gasteiger partial charge is 0.497 e. The minimum atomic E-state index is -4.64. The Morgan fingerprint density at radius 2 is 1.83 bits per heavy atom. The number of hydrogen-bond donors (Lipinski definition) is 1. The van der Waals surface area contributed by atoms with Gasteiger partial charge in [-0.05, 0) is 92.6 Å². The number of methoxy groups -OCH3 is 1. The van der Waals surface area contributed by atoms with Crippen molar-refractivity contribution in [1.82, 2.24) is 24.0 Å². The number of fused-ring (bicyclic) bond motifs is 5. The molecule has 3 aliphatic rings. The van der Waals surface area contributed by atoms with E-state index < -0.39 is 39.8 Å². The van der Waals surface area contributed by atoms with Gasteiger partial charge in [0.15, 0.2) is 0 Å². The molecular weight excluding hydrogens is 724 g/mol. The number of carbonyl (C=O) groups is 2. The summed E-state index contributed by atoms with van der Waals surface area (Å²) in [6.07, 6.45) is 3.17. The number of nitrogens with one attached hydrogen (secondary N) is 1. The summed E-state index contributed by atoms with van der Waals surface area (Å²) in [6, 6.07) is 10.7. The van der Waals surface area contributed by atoms with E-state index in [1.807, 2.05) is 35.8 Å². The van der Waals surface area contributed by atoms with E-state index in [2.05, 4.69) is 9.82 Å². The summed E-state index contributed by atoms with van der Waals surface area (Å²) in [7, 11) is -2.40. The van der Waals surface area contributed by atoms with Gasteiger partial charge in [-0.2, -0.15) is 18.3 Å². The molecule has 1 N–H and O–H groups in total. The van der Waals surface area contributed by atoms with Gasteiger partial charge in [-0.15, -0.1) is 0 Å². The van der Waals surface area contributed by atoms with Crippen molar-refractivity contribution in [3.8, 4) is 17.0 Å². The summed E-state index contributed by atoms with van der Waals surface area (Å²) in [5.74, 6) is -0.534. The predicted octanol–water partition coefficient (Wildman–Crippen LogP) is 7.01. The highest BCUT2D eigenvalue weighted by molar-refractivity contribution is 7.90. The molecule has 7 rings (SSSR count). The molecule has 1 atom stereocenters. The van der Waals surface area contributed by atoms with Crippen molar-refractivity contribution in [2.45, 2.75) is 89.4 Å². The van der Waals surface area contributed by atoms with Crippen LogP contribution in [0.15, 0.2) is 42.6 Å². The SMILES string of the molecule is COc1ccc2c(c1)C=C(c1c(C(=O)N3CCO[C@@H](C)C3)cnn1CC(F)(F)F)Cn1c-2c(C2CCCCC2)c2ccc(C(=O)NS(=O)(=O)C(C)C)cc21. The van der Waals surface area contributed by atoms with Crippen LogP contribution in [0.3, 0.4) is 0 Å². The van der Waals surface area contributed by atoms with Crippen LogP contribution in [0.2, 0.25) is 0 Å². The minimum absolute atomic E-state index is 0.0221. The Hall–Kier alpha value is -4.63. The molecule has 2 aliphatic heterocycles. The van der Waals surface area contributed by atoms with Gasteiger partial charge in [0.1, 0.15) is 12.3 Å².